The molecule has 28 heavy (non-hydrogen) atoms. The van der Waals surface area contributed by atoms with Gasteiger partial charge in [-0.05, 0) is 19.1 Å². The fourth-order valence-electron chi connectivity index (χ4n) is 3.52. The molecule has 1 aliphatic heterocycles. The number of anilines is 1. The zero-order chi connectivity index (χ0) is 20.4. The molecule has 0 aliphatic carbocycles. The Morgan fingerprint density at radius 3 is 2.39 bits per heavy atom. The maximum Gasteiger partial charge on any atom is 0.341 e. The number of nitrogens with zero attached hydrogens (tertiary/aromatic N) is 3. The van der Waals surface area contributed by atoms with Crippen LogP contribution in [0.1, 0.15) is 23.7 Å². The summed E-state index contributed by atoms with van der Waals surface area (Å²) in [7, 11) is 0. The monoisotopic (exact) mass is 391 g/mol. The van der Waals surface area contributed by atoms with E-state index >= 15 is 0 Å². The number of aliphatic carboxylic acids is 1. The summed E-state index contributed by atoms with van der Waals surface area (Å²) in [4.78, 5) is 38.3. The smallest absolute Gasteiger partial charge is 0.341 e. The number of carbonyl (C=O) groups is 2. The van der Waals surface area contributed by atoms with Gasteiger partial charge in [0.2, 0.25) is 5.43 Å². The summed E-state index contributed by atoms with van der Waals surface area (Å²) < 4.78 is 16.4. The van der Waals surface area contributed by atoms with Crippen LogP contribution >= 0.6 is 0 Å². The highest BCUT2D eigenvalue weighted by molar-refractivity contribution is 5.93. The lowest BCUT2D eigenvalue weighted by Crippen LogP contribution is -2.47. The predicted octanol–water partition coefficient (Wildman–Crippen LogP) is 1.46. The molecule has 1 saturated heterocycles. The lowest BCUT2D eigenvalue weighted by atomic mass is 10.1. The molecule has 2 aromatic rings. The average Bonchev–Trinajstić information content (AvgIpc) is 2.67. The molecule has 0 amide bonds. The van der Waals surface area contributed by atoms with Gasteiger partial charge in [0.05, 0.1) is 17.6 Å². The predicted molar refractivity (Wildman–Crippen MR) is 102 cm³/mol. The van der Waals surface area contributed by atoms with Crippen molar-refractivity contribution in [2.75, 3.05) is 37.6 Å². The fraction of sp³-hybridized carbons (Fsp3) is 0.421. The molecule has 0 bridgehead atoms. The quantitative estimate of drug-likeness (QED) is 0.768. The Morgan fingerprint density at radius 2 is 1.82 bits per heavy atom. The van der Waals surface area contributed by atoms with Crippen LogP contribution in [0.5, 0.6) is 0 Å². The van der Waals surface area contributed by atoms with Crippen molar-refractivity contribution in [1.82, 2.24) is 9.47 Å². The molecule has 1 aliphatic rings. The van der Waals surface area contributed by atoms with E-state index in [1.807, 2.05) is 16.7 Å². The average molecular weight is 391 g/mol. The number of carboxylic acid groups (broad SMARTS) is 2. The number of piperazine rings is 1. The van der Waals surface area contributed by atoms with Crippen LogP contribution in [0.2, 0.25) is 0 Å². The van der Waals surface area contributed by atoms with Gasteiger partial charge < -0.3 is 19.7 Å². The van der Waals surface area contributed by atoms with Crippen molar-refractivity contribution in [3.8, 4) is 0 Å². The zero-order valence-electron chi connectivity index (χ0n) is 15.5. The number of pyridine rings is 1. The van der Waals surface area contributed by atoms with Crippen molar-refractivity contribution in [1.29, 1.82) is 0 Å². The summed E-state index contributed by atoms with van der Waals surface area (Å²) in [5.41, 5.74) is -0.234. The van der Waals surface area contributed by atoms with Gasteiger partial charge in [0.25, 0.3) is 0 Å². The van der Waals surface area contributed by atoms with Crippen LogP contribution in [0.4, 0.5) is 10.1 Å². The molecule has 0 radical (unpaired) electrons. The molecule has 1 aromatic heterocycles. The molecule has 2 heterocycles. The third-order valence-corrected chi connectivity index (χ3v) is 5.07. The van der Waals surface area contributed by atoms with E-state index in [-0.39, 0.29) is 17.4 Å². The van der Waals surface area contributed by atoms with E-state index in [1.54, 1.807) is 10.6 Å². The van der Waals surface area contributed by atoms with Gasteiger partial charge >= 0.3 is 11.9 Å². The number of aromatic nitrogens is 1. The second-order valence-electron chi connectivity index (χ2n) is 6.76. The third-order valence-electron chi connectivity index (χ3n) is 5.07. The molecule has 0 unspecified atom stereocenters. The van der Waals surface area contributed by atoms with E-state index in [2.05, 4.69) is 0 Å². The summed E-state index contributed by atoms with van der Waals surface area (Å²) >= 11 is 0. The number of fused-ring (bicyclic) bond motifs is 1. The Morgan fingerprint density at radius 1 is 1.14 bits per heavy atom. The first kappa shape index (κ1) is 19.8. The number of hydrogen-bond acceptors (Lipinski definition) is 5. The van der Waals surface area contributed by atoms with Crippen molar-refractivity contribution >= 4 is 28.5 Å². The lowest BCUT2D eigenvalue weighted by molar-refractivity contribution is -0.137. The van der Waals surface area contributed by atoms with E-state index in [0.717, 1.165) is 6.07 Å². The van der Waals surface area contributed by atoms with E-state index in [9.17, 15) is 23.9 Å². The molecular weight excluding hydrogens is 369 g/mol. The minimum atomic E-state index is -1.34. The zero-order valence-corrected chi connectivity index (χ0v) is 15.5. The van der Waals surface area contributed by atoms with Crippen molar-refractivity contribution < 1.29 is 24.2 Å². The maximum atomic E-state index is 14.8. The van der Waals surface area contributed by atoms with E-state index < -0.39 is 23.2 Å². The minimum absolute atomic E-state index is 0.0445. The number of rotatable bonds is 6. The number of aromatic carboxylic acids is 1. The second-order valence-corrected chi connectivity index (χ2v) is 6.76. The summed E-state index contributed by atoms with van der Waals surface area (Å²) in [6, 6.07) is 2.70. The summed E-state index contributed by atoms with van der Waals surface area (Å²) in [5, 5.41) is 18.0. The first-order chi connectivity index (χ1) is 13.3. The Bertz CT molecular complexity index is 980. The number of carboxylic acids is 2. The molecule has 0 spiro atoms. The molecule has 0 saturated carbocycles. The summed E-state index contributed by atoms with van der Waals surface area (Å²) in [5.74, 6) is -2.76. The van der Waals surface area contributed by atoms with Crippen molar-refractivity contribution in [2.24, 2.45) is 0 Å². The van der Waals surface area contributed by atoms with Crippen LogP contribution in [0.25, 0.3) is 10.9 Å². The first-order valence-electron chi connectivity index (χ1n) is 9.11. The number of hydrogen-bond donors (Lipinski definition) is 2. The number of halogens is 1. The molecular formula is C19H22FN3O5. The Hall–Kier alpha value is -2.94. The summed E-state index contributed by atoms with van der Waals surface area (Å²) in [6.45, 7) is 5.01. The molecule has 8 nitrogen and oxygen atoms in total. The Kier molecular flexibility index (Phi) is 5.64. The Labute approximate surface area is 160 Å². The minimum Gasteiger partial charge on any atom is -0.481 e. The third kappa shape index (κ3) is 3.84. The Balaban J connectivity index is 1.92. The van der Waals surface area contributed by atoms with E-state index in [0.29, 0.717) is 50.5 Å². The number of benzene rings is 1. The normalized spacial score (nSPS) is 15.1. The molecule has 150 valence electrons. The highest BCUT2D eigenvalue weighted by atomic mass is 19.1. The van der Waals surface area contributed by atoms with Gasteiger partial charge in [-0.2, -0.15) is 0 Å². The van der Waals surface area contributed by atoms with Gasteiger partial charge in [-0.3, -0.25) is 14.5 Å². The summed E-state index contributed by atoms with van der Waals surface area (Å²) in [6.07, 6.45) is 1.36. The van der Waals surface area contributed by atoms with Crippen LogP contribution in [0.3, 0.4) is 0 Å². The standard InChI is InChI=1S/C19H22FN3O5/c1-2-22-11-13(19(27)28)18(26)12-9-14(20)16(10-15(12)22)23-7-5-21(6-8-23)4-3-17(24)25/h9-11H,2-8H2,1H3,(H,24,25)(H,27,28). The molecule has 1 fully saturated rings. The fourth-order valence-corrected chi connectivity index (χ4v) is 3.52. The molecule has 1 aromatic carbocycles. The highest BCUT2D eigenvalue weighted by Gasteiger charge is 2.22. The van der Waals surface area contributed by atoms with Crippen LogP contribution in [0, 0.1) is 5.82 Å². The highest BCUT2D eigenvalue weighted by Crippen LogP contribution is 2.26. The topological polar surface area (TPSA) is 103 Å². The van der Waals surface area contributed by atoms with E-state index in [4.69, 9.17) is 5.11 Å². The van der Waals surface area contributed by atoms with Crippen LogP contribution in [-0.2, 0) is 11.3 Å². The van der Waals surface area contributed by atoms with Crippen molar-refractivity contribution in [3.63, 3.8) is 0 Å². The largest absolute Gasteiger partial charge is 0.481 e. The lowest BCUT2D eigenvalue weighted by Gasteiger charge is -2.36. The van der Waals surface area contributed by atoms with Gasteiger partial charge in [0.1, 0.15) is 11.4 Å². The molecule has 9 heteroatoms. The van der Waals surface area contributed by atoms with Gasteiger partial charge in [0.15, 0.2) is 0 Å². The van der Waals surface area contributed by atoms with Gasteiger partial charge in [-0.25, -0.2) is 9.18 Å². The molecule has 2 N–H and O–H groups in total. The molecule has 3 rings (SSSR count). The van der Waals surface area contributed by atoms with Crippen molar-refractivity contribution in [2.45, 2.75) is 19.9 Å². The molecule has 0 atom stereocenters. The van der Waals surface area contributed by atoms with E-state index in [1.165, 1.54) is 6.20 Å². The van der Waals surface area contributed by atoms with Crippen molar-refractivity contribution in [3.05, 3.63) is 39.9 Å². The number of aryl methyl sites for hydroxylation is 1. The van der Waals surface area contributed by atoms with Crippen LogP contribution in [0.15, 0.2) is 23.1 Å². The van der Waals surface area contributed by atoms with Gasteiger partial charge in [0, 0.05) is 50.9 Å². The first-order valence-corrected chi connectivity index (χ1v) is 9.11. The maximum absolute atomic E-state index is 14.8. The van der Waals surface area contributed by atoms with Gasteiger partial charge in [-0.1, -0.05) is 0 Å². The van der Waals surface area contributed by atoms with Crippen LogP contribution in [-0.4, -0.2) is 64.3 Å². The van der Waals surface area contributed by atoms with Crippen LogP contribution < -0.4 is 10.3 Å². The second kappa shape index (κ2) is 7.97. The van der Waals surface area contributed by atoms with Gasteiger partial charge in [-0.15, -0.1) is 0 Å². The SMILES string of the molecule is CCn1cc(C(=O)O)c(=O)c2cc(F)c(N3CCN(CCC(=O)O)CC3)cc21.